The molecule has 0 saturated carbocycles. The van der Waals surface area contributed by atoms with Gasteiger partial charge in [0.25, 0.3) is 5.91 Å². The molecule has 0 fully saturated rings. The Balaban J connectivity index is 2.16. The van der Waals surface area contributed by atoms with Gasteiger partial charge in [0.2, 0.25) is 0 Å². The minimum absolute atomic E-state index is 0.109. The smallest absolute Gasteiger partial charge is 0.251 e. The van der Waals surface area contributed by atoms with Crippen LogP contribution in [-0.4, -0.2) is 33.8 Å². The highest BCUT2D eigenvalue weighted by Crippen LogP contribution is 2.28. The summed E-state index contributed by atoms with van der Waals surface area (Å²) in [6, 6.07) is 11.2. The number of halogens is 1. The monoisotopic (exact) mass is 347 g/mol. The molecule has 2 aromatic carbocycles. The third kappa shape index (κ3) is 4.09. The fraction of sp³-hybridized carbons (Fsp3) is 0.316. The molecule has 6 heteroatoms. The van der Waals surface area contributed by atoms with Crippen LogP contribution in [0.25, 0.3) is 0 Å². The van der Waals surface area contributed by atoms with E-state index in [1.165, 1.54) is 27.4 Å². The fourth-order valence-electron chi connectivity index (χ4n) is 2.50. The van der Waals surface area contributed by atoms with Crippen molar-refractivity contribution in [2.45, 2.75) is 12.5 Å². The van der Waals surface area contributed by atoms with Crippen LogP contribution < -0.4 is 14.8 Å². The first-order valence-electron chi connectivity index (χ1n) is 7.75. The maximum Gasteiger partial charge on any atom is 0.251 e. The lowest BCUT2D eigenvalue weighted by atomic mass is 9.95. The van der Waals surface area contributed by atoms with Crippen molar-refractivity contribution in [1.29, 1.82) is 0 Å². The average Bonchev–Trinajstić information content (AvgIpc) is 2.65. The quantitative estimate of drug-likeness (QED) is 0.836. The van der Waals surface area contributed by atoms with E-state index >= 15 is 0 Å². The van der Waals surface area contributed by atoms with Crippen molar-refractivity contribution in [3.63, 3.8) is 0 Å². The Labute approximate surface area is 146 Å². The summed E-state index contributed by atoms with van der Waals surface area (Å²) < 4.78 is 29.9. The molecular formula is C19H22FNO4. The maximum atomic E-state index is 14.1. The summed E-state index contributed by atoms with van der Waals surface area (Å²) >= 11 is 0. The van der Waals surface area contributed by atoms with Crippen LogP contribution in [0.15, 0.2) is 42.5 Å². The second kappa shape index (κ2) is 7.98. The highest BCUT2D eigenvalue weighted by Gasteiger charge is 2.30. The van der Waals surface area contributed by atoms with Crippen molar-refractivity contribution in [2.75, 3.05) is 27.9 Å². The van der Waals surface area contributed by atoms with Crippen LogP contribution in [0.3, 0.4) is 0 Å². The SMILES string of the molecule is COc1ccc(C(=O)NCC(C)(OC)c2ccccc2F)cc1OC. The Hall–Kier alpha value is -2.60. The van der Waals surface area contributed by atoms with Gasteiger partial charge in [0.1, 0.15) is 11.4 Å². The summed E-state index contributed by atoms with van der Waals surface area (Å²) in [5.74, 6) is 0.290. The molecule has 0 heterocycles. The largest absolute Gasteiger partial charge is 0.493 e. The molecule has 1 unspecified atom stereocenters. The Morgan fingerprint density at radius 1 is 1.08 bits per heavy atom. The number of carbonyl (C=O) groups is 1. The average molecular weight is 347 g/mol. The highest BCUT2D eigenvalue weighted by molar-refractivity contribution is 5.94. The lowest BCUT2D eigenvalue weighted by molar-refractivity contribution is 0.000387. The van der Waals surface area contributed by atoms with Gasteiger partial charge in [-0.3, -0.25) is 4.79 Å². The molecule has 134 valence electrons. The first-order valence-corrected chi connectivity index (χ1v) is 7.75. The third-order valence-corrected chi connectivity index (χ3v) is 4.13. The Morgan fingerprint density at radius 2 is 1.76 bits per heavy atom. The first-order chi connectivity index (χ1) is 11.9. The summed E-state index contributed by atoms with van der Waals surface area (Å²) in [5, 5.41) is 2.78. The van der Waals surface area contributed by atoms with E-state index in [1.807, 2.05) is 0 Å². The molecule has 1 amide bonds. The number of benzene rings is 2. The number of methoxy groups -OCH3 is 3. The zero-order chi connectivity index (χ0) is 18.4. The number of nitrogens with one attached hydrogen (secondary N) is 1. The van der Waals surface area contributed by atoms with Crippen LogP contribution in [0.4, 0.5) is 4.39 Å². The summed E-state index contributed by atoms with van der Waals surface area (Å²) in [6.45, 7) is 1.83. The number of hydrogen-bond acceptors (Lipinski definition) is 4. The predicted molar refractivity (Wildman–Crippen MR) is 92.6 cm³/mol. The van der Waals surface area contributed by atoms with Crippen LogP contribution in [0.5, 0.6) is 11.5 Å². The molecule has 0 aliphatic carbocycles. The van der Waals surface area contributed by atoms with E-state index in [1.54, 1.807) is 43.3 Å². The van der Waals surface area contributed by atoms with Gasteiger partial charge in [-0.05, 0) is 31.2 Å². The maximum absolute atomic E-state index is 14.1. The van der Waals surface area contributed by atoms with Gasteiger partial charge in [-0.1, -0.05) is 18.2 Å². The molecule has 0 aliphatic rings. The molecule has 0 saturated heterocycles. The molecule has 25 heavy (non-hydrogen) atoms. The fourth-order valence-corrected chi connectivity index (χ4v) is 2.50. The Bertz CT molecular complexity index is 750. The van der Waals surface area contributed by atoms with Crippen molar-refractivity contribution >= 4 is 5.91 Å². The lowest BCUT2D eigenvalue weighted by Crippen LogP contribution is -2.40. The van der Waals surface area contributed by atoms with Gasteiger partial charge in [0, 0.05) is 18.2 Å². The molecule has 1 N–H and O–H groups in total. The van der Waals surface area contributed by atoms with E-state index < -0.39 is 5.60 Å². The number of rotatable bonds is 7. The normalized spacial score (nSPS) is 13.0. The van der Waals surface area contributed by atoms with Crippen molar-refractivity contribution in [2.24, 2.45) is 0 Å². The number of carbonyl (C=O) groups excluding carboxylic acids is 1. The predicted octanol–water partition coefficient (Wildman–Crippen LogP) is 3.13. The molecule has 0 bridgehead atoms. The molecule has 0 spiro atoms. The van der Waals surface area contributed by atoms with E-state index in [0.29, 0.717) is 22.6 Å². The minimum atomic E-state index is -0.989. The highest BCUT2D eigenvalue weighted by atomic mass is 19.1. The van der Waals surface area contributed by atoms with Gasteiger partial charge >= 0.3 is 0 Å². The van der Waals surface area contributed by atoms with Crippen LogP contribution >= 0.6 is 0 Å². The zero-order valence-electron chi connectivity index (χ0n) is 14.8. The number of hydrogen-bond donors (Lipinski definition) is 1. The second-order valence-electron chi connectivity index (χ2n) is 5.67. The zero-order valence-corrected chi connectivity index (χ0v) is 14.8. The molecular weight excluding hydrogens is 325 g/mol. The molecule has 5 nitrogen and oxygen atoms in total. The Morgan fingerprint density at radius 3 is 2.36 bits per heavy atom. The minimum Gasteiger partial charge on any atom is -0.493 e. The van der Waals surface area contributed by atoms with Gasteiger partial charge in [0.15, 0.2) is 11.5 Å². The van der Waals surface area contributed by atoms with E-state index in [2.05, 4.69) is 5.32 Å². The topological polar surface area (TPSA) is 56.8 Å². The number of ether oxygens (including phenoxy) is 3. The molecule has 1 atom stereocenters. The van der Waals surface area contributed by atoms with Crippen molar-refractivity contribution < 1.29 is 23.4 Å². The van der Waals surface area contributed by atoms with Crippen molar-refractivity contribution in [1.82, 2.24) is 5.32 Å². The van der Waals surface area contributed by atoms with E-state index in [-0.39, 0.29) is 18.3 Å². The van der Waals surface area contributed by atoms with Gasteiger partial charge in [0.05, 0.1) is 20.8 Å². The standard InChI is InChI=1S/C19H22FNO4/c1-19(25-4,14-7-5-6-8-15(14)20)12-21-18(22)13-9-10-16(23-2)17(11-13)24-3/h5-11H,12H2,1-4H3,(H,21,22). The van der Waals surface area contributed by atoms with Crippen LogP contribution in [0.1, 0.15) is 22.8 Å². The second-order valence-corrected chi connectivity index (χ2v) is 5.67. The summed E-state index contributed by atoms with van der Waals surface area (Å²) in [4.78, 5) is 12.4. The van der Waals surface area contributed by atoms with Gasteiger partial charge in [-0.15, -0.1) is 0 Å². The van der Waals surface area contributed by atoms with Crippen molar-refractivity contribution in [3.8, 4) is 11.5 Å². The summed E-state index contributed by atoms with van der Waals surface area (Å²) in [7, 11) is 4.50. The van der Waals surface area contributed by atoms with E-state index in [9.17, 15) is 9.18 Å². The van der Waals surface area contributed by atoms with Crippen LogP contribution in [0, 0.1) is 5.82 Å². The molecule has 2 rings (SSSR count). The van der Waals surface area contributed by atoms with Gasteiger partial charge in [-0.25, -0.2) is 4.39 Å². The van der Waals surface area contributed by atoms with E-state index in [4.69, 9.17) is 14.2 Å². The third-order valence-electron chi connectivity index (χ3n) is 4.13. The van der Waals surface area contributed by atoms with Crippen LogP contribution in [0.2, 0.25) is 0 Å². The lowest BCUT2D eigenvalue weighted by Gasteiger charge is -2.29. The van der Waals surface area contributed by atoms with Crippen LogP contribution in [-0.2, 0) is 10.3 Å². The molecule has 2 aromatic rings. The van der Waals surface area contributed by atoms with E-state index in [0.717, 1.165) is 0 Å². The summed E-state index contributed by atoms with van der Waals surface area (Å²) in [6.07, 6.45) is 0. The van der Waals surface area contributed by atoms with Gasteiger partial charge < -0.3 is 19.5 Å². The Kier molecular flexibility index (Phi) is 5.98. The first kappa shape index (κ1) is 18.7. The van der Waals surface area contributed by atoms with Gasteiger partial charge in [-0.2, -0.15) is 0 Å². The molecule has 0 aliphatic heterocycles. The number of amides is 1. The molecule has 0 radical (unpaired) electrons. The molecule has 0 aromatic heterocycles. The van der Waals surface area contributed by atoms with Crippen molar-refractivity contribution in [3.05, 3.63) is 59.4 Å². The summed E-state index contributed by atoms with van der Waals surface area (Å²) in [5.41, 5.74) is -0.202.